The van der Waals surface area contributed by atoms with Crippen molar-refractivity contribution < 1.29 is 68.0 Å². The Balaban J connectivity index is 1.16. The number of cyclic esters (lactones) is 1. The lowest BCUT2D eigenvalue weighted by molar-refractivity contribution is -0.312. The molecule has 0 aliphatic carbocycles. The highest BCUT2D eigenvalue weighted by Crippen LogP contribution is 2.36. The van der Waals surface area contributed by atoms with Gasteiger partial charge in [-0.15, -0.1) is 0 Å². The normalized spacial score (nSPS) is 30.5. The van der Waals surface area contributed by atoms with Gasteiger partial charge in [-0.05, 0) is 90.0 Å². The van der Waals surface area contributed by atoms with Gasteiger partial charge in [-0.2, -0.15) is 0 Å². The fraction of sp³-hybridized carbons (Fsp3) is 0.894. The maximum Gasteiger partial charge on any atom is 0.334 e. The Hall–Kier alpha value is -2.17. The smallest absolute Gasteiger partial charge is 0.334 e. The number of esters is 3. The summed E-state index contributed by atoms with van der Waals surface area (Å²) in [5.41, 5.74) is 0.834. The molecule has 0 saturated carbocycles. The van der Waals surface area contributed by atoms with Crippen LogP contribution >= 0.6 is 0 Å². The van der Waals surface area contributed by atoms with E-state index in [0.717, 1.165) is 102 Å². The van der Waals surface area contributed by atoms with E-state index in [4.69, 9.17) is 33.2 Å². The minimum absolute atomic E-state index is 0.0852. The van der Waals surface area contributed by atoms with E-state index in [0.29, 0.717) is 25.7 Å². The van der Waals surface area contributed by atoms with Gasteiger partial charge in [0.1, 0.15) is 42.7 Å². The molecule has 4 aliphatic heterocycles. The molecule has 352 valence electrons. The lowest BCUT2D eigenvalue weighted by Crippen LogP contribution is -2.59. The number of rotatable bonds is 30. The van der Waals surface area contributed by atoms with Gasteiger partial charge in [-0.1, -0.05) is 84.0 Å². The Morgan fingerprint density at radius 1 is 0.672 bits per heavy atom. The molecule has 0 radical (unpaired) electrons. The molecule has 3 fully saturated rings. The van der Waals surface area contributed by atoms with Crippen molar-refractivity contribution in [3.8, 4) is 0 Å². The third kappa shape index (κ3) is 17.7. The number of aliphatic hydroxyl groups excluding tert-OH is 4. The minimum Gasteiger partial charge on any atom is -0.460 e. The van der Waals surface area contributed by atoms with Gasteiger partial charge < -0.3 is 53.6 Å². The van der Waals surface area contributed by atoms with Crippen molar-refractivity contribution in [2.75, 3.05) is 6.61 Å². The Labute approximate surface area is 364 Å². The molecule has 0 amide bonds. The SMILES string of the molecule is CCCCCC[C@@H](CCC[C@H](OC(C)=O)[C@H]1CC[C@H]([C@H]2CC[C@H]([C@@H](CCCCCCCCCCCCC3=C[C@H](C)OC3=O)OC(C)=O)O2)O1)O[C@@H]1O[C@H](CO)[C@@H](O)[C@H](O)[C@H]1O. The average molecular weight is 869 g/mol. The Bertz CT molecular complexity index is 1310. The summed E-state index contributed by atoms with van der Waals surface area (Å²) in [4.78, 5) is 36.1. The first-order valence-corrected chi connectivity index (χ1v) is 23.9. The third-order valence-electron chi connectivity index (χ3n) is 12.8. The van der Waals surface area contributed by atoms with Crippen LogP contribution in [0.2, 0.25) is 0 Å². The Morgan fingerprint density at radius 2 is 1.18 bits per heavy atom. The van der Waals surface area contributed by atoms with Crippen LogP contribution in [0.4, 0.5) is 0 Å². The molecule has 14 nitrogen and oxygen atoms in total. The zero-order valence-electron chi connectivity index (χ0n) is 37.6. The summed E-state index contributed by atoms with van der Waals surface area (Å²) in [7, 11) is 0. The van der Waals surface area contributed by atoms with Crippen LogP contribution in [0.5, 0.6) is 0 Å². The van der Waals surface area contributed by atoms with E-state index >= 15 is 0 Å². The van der Waals surface area contributed by atoms with Crippen LogP contribution in [0.3, 0.4) is 0 Å². The van der Waals surface area contributed by atoms with Crippen molar-refractivity contribution in [2.45, 2.75) is 261 Å². The number of hydrogen-bond donors (Lipinski definition) is 4. The van der Waals surface area contributed by atoms with E-state index in [-0.39, 0.29) is 60.6 Å². The molecular formula is C47H80O14. The van der Waals surface area contributed by atoms with Crippen molar-refractivity contribution in [2.24, 2.45) is 0 Å². The zero-order chi connectivity index (χ0) is 44.1. The van der Waals surface area contributed by atoms with Gasteiger partial charge in [0, 0.05) is 19.4 Å². The van der Waals surface area contributed by atoms with E-state index in [1.807, 2.05) is 13.0 Å². The van der Waals surface area contributed by atoms with Crippen LogP contribution in [-0.4, -0.2) is 124 Å². The summed E-state index contributed by atoms with van der Waals surface area (Å²) in [6.45, 7) is 6.37. The molecular weight excluding hydrogens is 789 g/mol. The Kier molecular flexibility index (Phi) is 23.5. The van der Waals surface area contributed by atoms with Gasteiger partial charge in [0.15, 0.2) is 6.29 Å². The molecule has 4 aliphatic rings. The largest absolute Gasteiger partial charge is 0.460 e. The predicted molar refractivity (Wildman–Crippen MR) is 227 cm³/mol. The van der Waals surface area contributed by atoms with Gasteiger partial charge in [-0.3, -0.25) is 9.59 Å². The molecule has 0 bridgehead atoms. The van der Waals surface area contributed by atoms with Gasteiger partial charge in [-0.25, -0.2) is 4.79 Å². The molecule has 0 aromatic heterocycles. The monoisotopic (exact) mass is 869 g/mol. The summed E-state index contributed by atoms with van der Waals surface area (Å²) >= 11 is 0. The number of ether oxygens (including phenoxy) is 7. The highest BCUT2D eigenvalue weighted by molar-refractivity contribution is 5.90. The number of unbranched alkanes of at least 4 members (excludes halogenated alkanes) is 12. The van der Waals surface area contributed by atoms with Gasteiger partial charge in [0.2, 0.25) is 0 Å². The number of aliphatic hydroxyl groups is 4. The van der Waals surface area contributed by atoms with Crippen molar-refractivity contribution in [1.82, 2.24) is 0 Å². The summed E-state index contributed by atoms with van der Waals surface area (Å²) < 4.78 is 41.7. The van der Waals surface area contributed by atoms with Crippen LogP contribution in [0.25, 0.3) is 0 Å². The van der Waals surface area contributed by atoms with Gasteiger partial charge in [0.25, 0.3) is 0 Å². The highest BCUT2D eigenvalue weighted by atomic mass is 16.7. The lowest BCUT2D eigenvalue weighted by atomic mass is 9.98. The topological polar surface area (TPSA) is 197 Å². The van der Waals surface area contributed by atoms with Gasteiger partial charge in [0.05, 0.1) is 37.1 Å². The molecule has 0 aromatic rings. The standard InChI is InChI=1S/C47H80O14/c1-5-6-7-17-21-35(58-47-45(53)44(52)43(51)42(30-48)61-47)22-19-24-37(57-33(4)50)39-26-28-41(60-39)40-27-25-38(59-40)36(56-32(3)49)23-18-15-13-11-9-8-10-12-14-16-20-34-29-31(2)55-46(34)54/h29,31,35-45,47-48,51-53H,5-28,30H2,1-4H3/t31-,35-,36+,37-,38+,39+,40+,41+,42+,43+,44-,45+,47+/m0/s1. The second-order valence-corrected chi connectivity index (χ2v) is 18.0. The van der Waals surface area contributed by atoms with Crippen LogP contribution in [0.1, 0.15) is 182 Å². The first kappa shape index (κ1) is 51.5. The van der Waals surface area contributed by atoms with Crippen LogP contribution in [0.15, 0.2) is 11.6 Å². The second-order valence-electron chi connectivity index (χ2n) is 18.0. The lowest BCUT2D eigenvalue weighted by Gasteiger charge is -2.41. The summed E-state index contributed by atoms with van der Waals surface area (Å²) in [6.07, 6.45) is 16.0. The first-order valence-electron chi connectivity index (χ1n) is 23.9. The molecule has 4 rings (SSSR count). The maximum atomic E-state index is 12.2. The van der Waals surface area contributed by atoms with Gasteiger partial charge >= 0.3 is 17.9 Å². The molecule has 61 heavy (non-hydrogen) atoms. The first-order chi connectivity index (χ1) is 29.4. The number of carbonyl (C=O) groups is 3. The molecule has 3 saturated heterocycles. The molecule has 13 atom stereocenters. The highest BCUT2D eigenvalue weighted by Gasteiger charge is 2.45. The van der Waals surface area contributed by atoms with E-state index in [1.54, 1.807) is 0 Å². The van der Waals surface area contributed by atoms with E-state index in [9.17, 15) is 34.8 Å². The van der Waals surface area contributed by atoms with Crippen molar-refractivity contribution in [3.63, 3.8) is 0 Å². The molecule has 4 heterocycles. The Morgan fingerprint density at radius 3 is 1.70 bits per heavy atom. The fourth-order valence-corrected chi connectivity index (χ4v) is 9.43. The van der Waals surface area contributed by atoms with Crippen LogP contribution in [0, 0.1) is 0 Å². The molecule has 0 unspecified atom stereocenters. The van der Waals surface area contributed by atoms with Crippen molar-refractivity contribution >= 4 is 17.9 Å². The van der Waals surface area contributed by atoms with Crippen LogP contribution in [-0.2, 0) is 47.5 Å². The summed E-state index contributed by atoms with van der Waals surface area (Å²) in [5, 5.41) is 40.8. The summed E-state index contributed by atoms with van der Waals surface area (Å²) in [5.74, 6) is -0.824. The van der Waals surface area contributed by atoms with E-state index in [1.165, 1.54) is 46.0 Å². The fourth-order valence-electron chi connectivity index (χ4n) is 9.43. The average Bonchev–Trinajstić information content (AvgIpc) is 3.99. The second kappa shape index (κ2) is 27.9. The predicted octanol–water partition coefficient (Wildman–Crippen LogP) is 6.82. The minimum atomic E-state index is -1.51. The molecule has 0 aromatic carbocycles. The van der Waals surface area contributed by atoms with E-state index < -0.39 is 43.4 Å². The maximum absolute atomic E-state index is 12.2. The molecule has 4 N–H and O–H groups in total. The quantitative estimate of drug-likeness (QED) is 0.0333. The molecule has 0 spiro atoms. The zero-order valence-corrected chi connectivity index (χ0v) is 37.6. The number of carbonyl (C=O) groups excluding carboxylic acids is 3. The third-order valence-corrected chi connectivity index (χ3v) is 12.8. The summed E-state index contributed by atoms with van der Waals surface area (Å²) in [6, 6.07) is 0. The van der Waals surface area contributed by atoms with Crippen molar-refractivity contribution in [3.05, 3.63) is 11.6 Å². The van der Waals surface area contributed by atoms with Crippen LogP contribution < -0.4 is 0 Å². The molecule has 14 heteroatoms. The number of hydrogen-bond acceptors (Lipinski definition) is 14. The van der Waals surface area contributed by atoms with Crippen molar-refractivity contribution in [1.29, 1.82) is 0 Å². The van der Waals surface area contributed by atoms with E-state index in [2.05, 4.69) is 6.92 Å².